The maximum atomic E-state index is 12.5. The summed E-state index contributed by atoms with van der Waals surface area (Å²) < 4.78 is 10.6. The van der Waals surface area contributed by atoms with Gasteiger partial charge in [0.25, 0.3) is 0 Å². The number of ether oxygens (including phenoxy) is 2. The molecule has 1 heterocycles. The first kappa shape index (κ1) is 17.3. The van der Waals surface area contributed by atoms with E-state index in [1.807, 2.05) is 13.0 Å². The van der Waals surface area contributed by atoms with E-state index < -0.39 is 0 Å². The lowest BCUT2D eigenvalue weighted by Crippen LogP contribution is -2.40. The van der Waals surface area contributed by atoms with Gasteiger partial charge in [-0.15, -0.1) is 0 Å². The van der Waals surface area contributed by atoms with Gasteiger partial charge in [0.2, 0.25) is 12.7 Å². The Balaban J connectivity index is 1.62. The highest BCUT2D eigenvalue weighted by Gasteiger charge is 2.19. The van der Waals surface area contributed by atoms with Gasteiger partial charge in [-0.1, -0.05) is 36.8 Å². The molecule has 1 amide bonds. The second-order valence-corrected chi connectivity index (χ2v) is 6.32. The molecule has 132 valence electrons. The third-order valence-corrected chi connectivity index (χ3v) is 4.37. The number of hydrogen-bond acceptors (Lipinski definition) is 4. The maximum Gasteiger partial charge on any atom is 0.241 e. The highest BCUT2D eigenvalue weighted by molar-refractivity contribution is 5.94. The van der Waals surface area contributed by atoms with E-state index in [0.717, 1.165) is 6.42 Å². The van der Waals surface area contributed by atoms with E-state index in [1.54, 1.807) is 12.1 Å². The van der Waals surface area contributed by atoms with E-state index in [1.165, 1.54) is 11.1 Å². The molecule has 0 fully saturated rings. The summed E-state index contributed by atoms with van der Waals surface area (Å²) in [6.07, 6.45) is 0.907. The standard InChI is InChI=1S/C20H24N2O3/c1-4-17(15-7-5-13(2)6-8-15)21-14(3)20(23)22-16-9-10-18-19(11-16)25-12-24-18/h5-11,14,17,21H,4,12H2,1-3H3,(H,22,23)/t14-,17-/m0/s1. The van der Waals surface area contributed by atoms with Crippen molar-refractivity contribution in [3.63, 3.8) is 0 Å². The Bertz CT molecular complexity index is 743. The van der Waals surface area contributed by atoms with Crippen molar-refractivity contribution in [3.8, 4) is 11.5 Å². The molecule has 0 radical (unpaired) electrons. The molecule has 0 unspecified atom stereocenters. The molecule has 2 N–H and O–H groups in total. The molecular weight excluding hydrogens is 316 g/mol. The van der Waals surface area contributed by atoms with Crippen LogP contribution in [0.1, 0.15) is 37.4 Å². The number of hydrogen-bond donors (Lipinski definition) is 2. The van der Waals surface area contributed by atoms with Gasteiger partial charge in [0.05, 0.1) is 6.04 Å². The van der Waals surface area contributed by atoms with Crippen molar-refractivity contribution in [3.05, 3.63) is 53.6 Å². The van der Waals surface area contributed by atoms with Gasteiger partial charge >= 0.3 is 0 Å². The number of carbonyl (C=O) groups excluding carboxylic acids is 1. The Morgan fingerprint density at radius 1 is 1.12 bits per heavy atom. The number of anilines is 1. The average Bonchev–Trinajstić information content (AvgIpc) is 3.08. The van der Waals surface area contributed by atoms with E-state index in [2.05, 4.69) is 48.7 Å². The van der Waals surface area contributed by atoms with Crippen LogP contribution in [0, 0.1) is 6.92 Å². The molecule has 25 heavy (non-hydrogen) atoms. The summed E-state index contributed by atoms with van der Waals surface area (Å²) in [5.41, 5.74) is 3.12. The van der Waals surface area contributed by atoms with Crippen molar-refractivity contribution in [2.75, 3.05) is 12.1 Å². The molecule has 0 spiro atoms. The number of aryl methyl sites for hydroxylation is 1. The molecule has 3 rings (SSSR count). The first-order valence-electron chi connectivity index (χ1n) is 8.60. The average molecular weight is 340 g/mol. The summed E-state index contributed by atoms with van der Waals surface area (Å²) in [4.78, 5) is 12.5. The molecule has 0 aromatic heterocycles. The van der Waals surface area contributed by atoms with Crippen LogP contribution in [0.2, 0.25) is 0 Å². The lowest BCUT2D eigenvalue weighted by atomic mass is 10.0. The fourth-order valence-corrected chi connectivity index (χ4v) is 2.85. The predicted molar refractivity (Wildman–Crippen MR) is 98.0 cm³/mol. The summed E-state index contributed by atoms with van der Waals surface area (Å²) in [7, 11) is 0. The topological polar surface area (TPSA) is 59.6 Å². The lowest BCUT2D eigenvalue weighted by molar-refractivity contribution is -0.118. The van der Waals surface area contributed by atoms with Gasteiger partial charge in [0.1, 0.15) is 0 Å². The first-order chi connectivity index (χ1) is 12.1. The molecule has 1 aliphatic rings. The number of benzene rings is 2. The van der Waals surface area contributed by atoms with Gasteiger partial charge in [-0.25, -0.2) is 0 Å². The molecule has 2 aromatic rings. The second-order valence-electron chi connectivity index (χ2n) is 6.32. The minimum Gasteiger partial charge on any atom is -0.454 e. The number of rotatable bonds is 6. The smallest absolute Gasteiger partial charge is 0.241 e. The van der Waals surface area contributed by atoms with Crippen LogP contribution in [-0.4, -0.2) is 18.7 Å². The third-order valence-electron chi connectivity index (χ3n) is 4.37. The molecule has 5 nitrogen and oxygen atoms in total. The zero-order valence-corrected chi connectivity index (χ0v) is 14.8. The SMILES string of the molecule is CC[C@H](N[C@@H](C)C(=O)Nc1ccc2c(c1)OCO2)c1ccc(C)cc1. The molecule has 2 atom stereocenters. The van der Waals surface area contributed by atoms with Crippen molar-refractivity contribution < 1.29 is 14.3 Å². The van der Waals surface area contributed by atoms with Gasteiger partial charge in [-0.3, -0.25) is 10.1 Å². The second kappa shape index (κ2) is 7.57. The van der Waals surface area contributed by atoms with Crippen molar-refractivity contribution in [1.29, 1.82) is 0 Å². The van der Waals surface area contributed by atoms with Gasteiger partial charge in [0, 0.05) is 17.8 Å². The van der Waals surface area contributed by atoms with Crippen LogP contribution in [0.3, 0.4) is 0 Å². The minimum absolute atomic E-state index is 0.0792. The van der Waals surface area contributed by atoms with Gasteiger partial charge in [0.15, 0.2) is 11.5 Å². The molecule has 0 saturated carbocycles. The van der Waals surface area contributed by atoms with Crippen LogP contribution in [0.4, 0.5) is 5.69 Å². The number of carbonyl (C=O) groups is 1. The van der Waals surface area contributed by atoms with Crippen LogP contribution >= 0.6 is 0 Å². The summed E-state index contributed by atoms with van der Waals surface area (Å²) in [5.74, 6) is 1.28. The number of amides is 1. The first-order valence-corrected chi connectivity index (χ1v) is 8.60. The highest BCUT2D eigenvalue weighted by atomic mass is 16.7. The Morgan fingerprint density at radius 3 is 2.56 bits per heavy atom. The number of fused-ring (bicyclic) bond motifs is 1. The minimum atomic E-state index is -0.323. The normalized spacial score (nSPS) is 14.8. The molecule has 5 heteroatoms. The Labute approximate surface area is 148 Å². The van der Waals surface area contributed by atoms with E-state index >= 15 is 0 Å². The third kappa shape index (κ3) is 4.12. The van der Waals surface area contributed by atoms with Gasteiger partial charge in [-0.05, 0) is 38.0 Å². The fourth-order valence-electron chi connectivity index (χ4n) is 2.85. The van der Waals surface area contributed by atoms with E-state index in [0.29, 0.717) is 17.2 Å². The van der Waals surface area contributed by atoms with Crippen molar-refractivity contribution in [1.82, 2.24) is 5.32 Å². The van der Waals surface area contributed by atoms with Crippen LogP contribution in [-0.2, 0) is 4.79 Å². The quantitative estimate of drug-likeness (QED) is 0.840. The summed E-state index contributed by atoms with van der Waals surface area (Å²) >= 11 is 0. The molecule has 1 aliphatic heterocycles. The molecule has 0 saturated heterocycles. The van der Waals surface area contributed by atoms with Crippen LogP contribution in [0.5, 0.6) is 11.5 Å². The van der Waals surface area contributed by atoms with Gasteiger partial charge in [-0.2, -0.15) is 0 Å². The molecule has 0 bridgehead atoms. The number of nitrogens with one attached hydrogen (secondary N) is 2. The summed E-state index contributed by atoms with van der Waals surface area (Å²) in [6, 6.07) is 13.6. The molecule has 0 aliphatic carbocycles. The predicted octanol–water partition coefficient (Wildman–Crippen LogP) is 3.79. The monoisotopic (exact) mass is 340 g/mol. The van der Waals surface area contributed by atoms with Crippen molar-refractivity contribution in [2.24, 2.45) is 0 Å². The van der Waals surface area contributed by atoms with Crippen LogP contribution < -0.4 is 20.1 Å². The van der Waals surface area contributed by atoms with Crippen LogP contribution in [0.15, 0.2) is 42.5 Å². The van der Waals surface area contributed by atoms with Gasteiger partial charge < -0.3 is 14.8 Å². The lowest BCUT2D eigenvalue weighted by Gasteiger charge is -2.22. The zero-order chi connectivity index (χ0) is 17.8. The van der Waals surface area contributed by atoms with E-state index in [4.69, 9.17) is 9.47 Å². The van der Waals surface area contributed by atoms with E-state index in [9.17, 15) is 4.79 Å². The Kier molecular flexibility index (Phi) is 5.24. The largest absolute Gasteiger partial charge is 0.454 e. The summed E-state index contributed by atoms with van der Waals surface area (Å²) in [5, 5.41) is 6.33. The van der Waals surface area contributed by atoms with E-state index in [-0.39, 0.29) is 24.8 Å². The van der Waals surface area contributed by atoms with Crippen molar-refractivity contribution >= 4 is 11.6 Å². The Hall–Kier alpha value is -2.53. The summed E-state index contributed by atoms with van der Waals surface area (Å²) in [6.45, 7) is 6.28. The van der Waals surface area contributed by atoms with Crippen LogP contribution in [0.25, 0.3) is 0 Å². The highest BCUT2D eigenvalue weighted by Crippen LogP contribution is 2.34. The van der Waals surface area contributed by atoms with Crippen molar-refractivity contribution in [2.45, 2.75) is 39.3 Å². The maximum absolute atomic E-state index is 12.5. The zero-order valence-electron chi connectivity index (χ0n) is 14.8. The Morgan fingerprint density at radius 2 is 1.84 bits per heavy atom. The molecule has 2 aromatic carbocycles. The molecular formula is C20H24N2O3. The fraction of sp³-hybridized carbons (Fsp3) is 0.350.